The van der Waals surface area contributed by atoms with Crippen LogP contribution in [0.2, 0.25) is 0 Å². The smallest absolute Gasteiger partial charge is 0.147 e. The molecule has 0 radical (unpaired) electrons. The van der Waals surface area contributed by atoms with Gasteiger partial charge >= 0.3 is 0 Å². The van der Waals surface area contributed by atoms with E-state index >= 15 is 0 Å². The maximum atomic E-state index is 5.32. The first kappa shape index (κ1) is 15.6. The van der Waals surface area contributed by atoms with Crippen LogP contribution in [0.5, 0.6) is 5.75 Å². The Morgan fingerprint density at radius 2 is 2.08 bits per heavy atom. The van der Waals surface area contributed by atoms with E-state index < -0.39 is 0 Å². The van der Waals surface area contributed by atoms with Gasteiger partial charge in [0.2, 0.25) is 0 Å². The summed E-state index contributed by atoms with van der Waals surface area (Å²) in [6.45, 7) is 6.01. The topological polar surface area (TPSA) is 55.2 Å². The zero-order chi connectivity index (χ0) is 16.4. The summed E-state index contributed by atoms with van der Waals surface area (Å²) in [7, 11) is 1.71. The summed E-state index contributed by atoms with van der Waals surface area (Å²) in [6, 6.07) is 8.31. The van der Waals surface area contributed by atoms with Crippen molar-refractivity contribution < 1.29 is 4.74 Å². The second kappa shape index (κ2) is 6.91. The highest BCUT2D eigenvalue weighted by atomic mass is 16.5. The van der Waals surface area contributed by atoms with Crippen LogP contribution in [-0.2, 0) is 19.6 Å². The third kappa shape index (κ3) is 3.16. The molecule has 1 aromatic heterocycles. The van der Waals surface area contributed by atoms with E-state index in [-0.39, 0.29) is 0 Å². The van der Waals surface area contributed by atoms with Gasteiger partial charge in [0.25, 0.3) is 0 Å². The molecular formula is C18H25N5O. The first-order chi connectivity index (χ1) is 11.8. The van der Waals surface area contributed by atoms with Crippen LogP contribution < -0.4 is 10.1 Å². The van der Waals surface area contributed by atoms with Gasteiger partial charge in [-0.1, -0.05) is 12.1 Å². The Hall–Kier alpha value is -1.92. The second-order valence-electron chi connectivity index (χ2n) is 6.71. The number of methoxy groups -OCH3 is 1. The number of nitrogens with zero attached hydrogens (tertiary/aromatic N) is 4. The maximum absolute atomic E-state index is 5.32. The zero-order valence-electron chi connectivity index (χ0n) is 14.2. The lowest BCUT2D eigenvalue weighted by atomic mass is 9.97. The van der Waals surface area contributed by atoms with Gasteiger partial charge in [-0.25, -0.2) is 0 Å². The first-order valence-electron chi connectivity index (χ1n) is 8.81. The predicted molar refractivity (Wildman–Crippen MR) is 92.0 cm³/mol. The number of nitrogens with one attached hydrogen (secondary N) is 1. The van der Waals surface area contributed by atoms with Crippen molar-refractivity contribution >= 4 is 0 Å². The van der Waals surface area contributed by atoms with E-state index in [1.54, 1.807) is 7.11 Å². The Bertz CT molecular complexity index is 692. The quantitative estimate of drug-likeness (QED) is 0.927. The van der Waals surface area contributed by atoms with Gasteiger partial charge in [-0.3, -0.25) is 4.90 Å². The van der Waals surface area contributed by atoms with Crippen LogP contribution in [0.15, 0.2) is 24.3 Å². The second-order valence-corrected chi connectivity index (χ2v) is 6.71. The van der Waals surface area contributed by atoms with Crippen molar-refractivity contribution in [3.05, 3.63) is 41.5 Å². The molecule has 1 aromatic carbocycles. The molecule has 3 heterocycles. The third-order valence-electron chi connectivity index (χ3n) is 5.11. The largest absolute Gasteiger partial charge is 0.497 e. The summed E-state index contributed by atoms with van der Waals surface area (Å²) in [5, 5.41) is 12.4. The van der Waals surface area contributed by atoms with E-state index in [1.807, 2.05) is 6.07 Å². The molecular weight excluding hydrogens is 302 g/mol. The molecule has 128 valence electrons. The van der Waals surface area contributed by atoms with Gasteiger partial charge in [0.1, 0.15) is 17.4 Å². The van der Waals surface area contributed by atoms with Crippen LogP contribution in [0.4, 0.5) is 0 Å². The van der Waals surface area contributed by atoms with E-state index in [2.05, 4.69) is 43.2 Å². The number of piperidine rings is 1. The Labute approximate surface area is 142 Å². The molecule has 0 saturated carbocycles. The van der Waals surface area contributed by atoms with Crippen LogP contribution in [-0.4, -0.2) is 46.4 Å². The Morgan fingerprint density at radius 3 is 2.92 bits per heavy atom. The van der Waals surface area contributed by atoms with Crippen LogP contribution in [0, 0.1) is 0 Å². The molecule has 24 heavy (non-hydrogen) atoms. The number of hydrogen-bond donors (Lipinski definition) is 1. The van der Waals surface area contributed by atoms with E-state index in [4.69, 9.17) is 4.74 Å². The SMILES string of the molecule is COc1cccc(CN2CCn3c(nnc3C3CCNCC3)C2)c1. The molecule has 2 aliphatic heterocycles. The molecule has 0 unspecified atom stereocenters. The molecule has 0 spiro atoms. The van der Waals surface area contributed by atoms with Crippen molar-refractivity contribution in [2.75, 3.05) is 26.7 Å². The molecule has 6 heteroatoms. The molecule has 0 aliphatic carbocycles. The zero-order valence-corrected chi connectivity index (χ0v) is 14.2. The molecule has 1 fully saturated rings. The number of hydrogen-bond acceptors (Lipinski definition) is 5. The van der Waals surface area contributed by atoms with Crippen molar-refractivity contribution in [2.45, 2.75) is 38.4 Å². The van der Waals surface area contributed by atoms with Gasteiger partial charge in [-0.2, -0.15) is 0 Å². The van der Waals surface area contributed by atoms with Crippen molar-refractivity contribution in [1.29, 1.82) is 0 Å². The minimum Gasteiger partial charge on any atom is -0.497 e. The summed E-state index contributed by atoms with van der Waals surface area (Å²) in [6.07, 6.45) is 2.34. The van der Waals surface area contributed by atoms with Gasteiger partial charge < -0.3 is 14.6 Å². The fourth-order valence-corrected chi connectivity index (χ4v) is 3.78. The highest BCUT2D eigenvalue weighted by molar-refractivity contribution is 5.28. The van der Waals surface area contributed by atoms with E-state index in [0.29, 0.717) is 5.92 Å². The van der Waals surface area contributed by atoms with E-state index in [1.165, 1.54) is 24.2 Å². The lowest BCUT2D eigenvalue weighted by Crippen LogP contribution is -2.35. The average Bonchev–Trinajstić information content (AvgIpc) is 3.06. The Kier molecular flexibility index (Phi) is 4.49. The summed E-state index contributed by atoms with van der Waals surface area (Å²) in [5.74, 6) is 3.79. The fourth-order valence-electron chi connectivity index (χ4n) is 3.78. The molecule has 1 N–H and O–H groups in total. The highest BCUT2D eigenvalue weighted by Crippen LogP contribution is 2.26. The molecule has 0 bridgehead atoms. The number of rotatable bonds is 4. The molecule has 6 nitrogen and oxygen atoms in total. The standard InChI is InChI=1S/C18H25N5O/c1-24-16-4-2-3-14(11-16)12-22-9-10-23-17(13-22)20-21-18(23)15-5-7-19-8-6-15/h2-4,11,15,19H,5-10,12-13H2,1H3. The number of aromatic nitrogens is 3. The van der Waals surface area contributed by atoms with Crippen molar-refractivity contribution in [3.63, 3.8) is 0 Å². The normalized spacial score (nSPS) is 19.2. The molecule has 2 aromatic rings. The first-order valence-corrected chi connectivity index (χ1v) is 8.81. The summed E-state index contributed by atoms with van der Waals surface area (Å²) in [5.41, 5.74) is 1.28. The van der Waals surface area contributed by atoms with Gasteiger partial charge in [0.05, 0.1) is 13.7 Å². The molecule has 4 rings (SSSR count). The highest BCUT2D eigenvalue weighted by Gasteiger charge is 2.26. The number of ether oxygens (including phenoxy) is 1. The minimum atomic E-state index is 0.567. The van der Waals surface area contributed by atoms with Crippen molar-refractivity contribution in [2.24, 2.45) is 0 Å². The molecule has 2 aliphatic rings. The van der Waals surface area contributed by atoms with E-state index in [0.717, 1.165) is 50.8 Å². The molecule has 0 atom stereocenters. The summed E-state index contributed by atoms with van der Waals surface area (Å²) >= 11 is 0. The maximum Gasteiger partial charge on any atom is 0.147 e. The Morgan fingerprint density at radius 1 is 1.21 bits per heavy atom. The van der Waals surface area contributed by atoms with Crippen LogP contribution in [0.1, 0.15) is 36.0 Å². The lowest BCUT2D eigenvalue weighted by Gasteiger charge is -2.29. The van der Waals surface area contributed by atoms with Gasteiger partial charge in [-0.15, -0.1) is 10.2 Å². The van der Waals surface area contributed by atoms with E-state index in [9.17, 15) is 0 Å². The minimum absolute atomic E-state index is 0.567. The predicted octanol–water partition coefficient (Wildman–Crippen LogP) is 1.77. The number of benzene rings is 1. The Balaban J connectivity index is 1.45. The van der Waals surface area contributed by atoms with Crippen molar-refractivity contribution in [1.82, 2.24) is 25.0 Å². The fraction of sp³-hybridized carbons (Fsp3) is 0.556. The van der Waals surface area contributed by atoms with Gasteiger partial charge in [0.15, 0.2) is 0 Å². The average molecular weight is 327 g/mol. The van der Waals surface area contributed by atoms with Gasteiger partial charge in [-0.05, 0) is 43.6 Å². The summed E-state index contributed by atoms with van der Waals surface area (Å²) < 4.78 is 7.68. The van der Waals surface area contributed by atoms with Crippen LogP contribution in [0.25, 0.3) is 0 Å². The lowest BCUT2D eigenvalue weighted by molar-refractivity contribution is 0.205. The monoisotopic (exact) mass is 327 g/mol. The molecule has 0 amide bonds. The van der Waals surface area contributed by atoms with Gasteiger partial charge in [0, 0.05) is 25.6 Å². The third-order valence-corrected chi connectivity index (χ3v) is 5.11. The number of fused-ring (bicyclic) bond motifs is 1. The van der Waals surface area contributed by atoms with Crippen LogP contribution >= 0.6 is 0 Å². The summed E-state index contributed by atoms with van der Waals surface area (Å²) in [4.78, 5) is 2.44. The van der Waals surface area contributed by atoms with Crippen molar-refractivity contribution in [3.8, 4) is 5.75 Å². The molecule has 1 saturated heterocycles. The van der Waals surface area contributed by atoms with Crippen LogP contribution in [0.3, 0.4) is 0 Å².